The summed E-state index contributed by atoms with van der Waals surface area (Å²) in [6.07, 6.45) is 0.760. The zero-order valence-corrected chi connectivity index (χ0v) is 16.1. The van der Waals surface area contributed by atoms with Gasteiger partial charge >= 0.3 is 5.97 Å². The third-order valence-electron chi connectivity index (χ3n) is 4.04. The van der Waals surface area contributed by atoms with E-state index in [9.17, 15) is 9.59 Å². The molecule has 0 fully saturated rings. The lowest BCUT2D eigenvalue weighted by Crippen LogP contribution is -2.08. The van der Waals surface area contributed by atoms with Crippen molar-refractivity contribution < 1.29 is 23.4 Å². The molecule has 3 aromatic rings. The van der Waals surface area contributed by atoms with Crippen molar-refractivity contribution in [2.24, 2.45) is 0 Å². The van der Waals surface area contributed by atoms with Crippen molar-refractivity contribution in [2.75, 3.05) is 13.2 Å². The van der Waals surface area contributed by atoms with Gasteiger partial charge in [-0.3, -0.25) is 4.79 Å². The number of esters is 1. The van der Waals surface area contributed by atoms with E-state index in [1.807, 2.05) is 13.8 Å². The highest BCUT2D eigenvalue weighted by atomic mass is 16.5. The summed E-state index contributed by atoms with van der Waals surface area (Å²) in [5.41, 5.74) is 0.592. The van der Waals surface area contributed by atoms with Crippen molar-refractivity contribution in [1.29, 1.82) is 0 Å². The number of ether oxygens (including phenoxy) is 3. The summed E-state index contributed by atoms with van der Waals surface area (Å²) in [4.78, 5) is 24.7. The molecule has 6 nitrogen and oxygen atoms in total. The maximum atomic E-state index is 12.8. The SMILES string of the molecule is CCCOC(=O)c1ccc(Oc2c(C)oc3cc(OCC)ccc3c2=O)cc1. The number of benzene rings is 2. The smallest absolute Gasteiger partial charge is 0.338 e. The number of hydrogen-bond acceptors (Lipinski definition) is 6. The van der Waals surface area contributed by atoms with E-state index in [4.69, 9.17) is 18.6 Å². The molecule has 0 amide bonds. The van der Waals surface area contributed by atoms with Gasteiger partial charge in [-0.25, -0.2) is 4.79 Å². The monoisotopic (exact) mass is 382 g/mol. The summed E-state index contributed by atoms with van der Waals surface area (Å²) < 4.78 is 22.0. The molecular formula is C22H22O6. The summed E-state index contributed by atoms with van der Waals surface area (Å²) in [5.74, 6) is 1.14. The van der Waals surface area contributed by atoms with Crippen LogP contribution in [-0.2, 0) is 4.74 Å². The fourth-order valence-electron chi connectivity index (χ4n) is 2.70. The van der Waals surface area contributed by atoms with Gasteiger partial charge in [-0.05, 0) is 56.7 Å². The Morgan fingerprint density at radius 1 is 1.04 bits per heavy atom. The maximum absolute atomic E-state index is 12.8. The van der Waals surface area contributed by atoms with Crippen LogP contribution in [0.15, 0.2) is 51.7 Å². The highest BCUT2D eigenvalue weighted by molar-refractivity contribution is 5.89. The second kappa shape index (κ2) is 8.61. The standard InChI is InChI=1S/C22H22O6/c1-4-12-26-22(24)15-6-8-16(9-7-15)28-21-14(3)27-19-13-17(25-5-2)10-11-18(19)20(21)23/h6-11,13H,4-5,12H2,1-3H3. The molecule has 146 valence electrons. The molecule has 1 aromatic heterocycles. The van der Waals surface area contributed by atoms with Crippen LogP contribution in [0.25, 0.3) is 11.0 Å². The number of hydrogen-bond donors (Lipinski definition) is 0. The van der Waals surface area contributed by atoms with E-state index >= 15 is 0 Å². The molecule has 0 aliphatic rings. The van der Waals surface area contributed by atoms with E-state index in [2.05, 4.69) is 0 Å². The molecule has 1 heterocycles. The Labute approximate surface area is 162 Å². The zero-order chi connectivity index (χ0) is 20.1. The van der Waals surface area contributed by atoms with Crippen LogP contribution in [0.4, 0.5) is 0 Å². The van der Waals surface area contributed by atoms with E-state index in [-0.39, 0.29) is 17.1 Å². The lowest BCUT2D eigenvalue weighted by atomic mass is 10.2. The van der Waals surface area contributed by atoms with Crippen molar-refractivity contribution in [3.05, 3.63) is 64.0 Å². The summed E-state index contributed by atoms with van der Waals surface area (Å²) in [7, 11) is 0. The van der Waals surface area contributed by atoms with Gasteiger partial charge in [0.05, 0.1) is 24.2 Å². The van der Waals surface area contributed by atoms with Gasteiger partial charge in [0.15, 0.2) is 0 Å². The van der Waals surface area contributed by atoms with Crippen LogP contribution < -0.4 is 14.9 Å². The predicted octanol–water partition coefficient (Wildman–Crippen LogP) is 4.86. The lowest BCUT2D eigenvalue weighted by Gasteiger charge is -2.10. The van der Waals surface area contributed by atoms with Crippen LogP contribution in [0.2, 0.25) is 0 Å². The van der Waals surface area contributed by atoms with Crippen molar-refractivity contribution in [3.8, 4) is 17.2 Å². The molecule has 0 aliphatic carbocycles. The fraction of sp³-hybridized carbons (Fsp3) is 0.273. The predicted molar refractivity (Wildman–Crippen MR) is 105 cm³/mol. The number of rotatable bonds is 7. The van der Waals surface area contributed by atoms with Gasteiger partial charge in [0.1, 0.15) is 22.8 Å². The number of carbonyl (C=O) groups excluding carboxylic acids is 1. The van der Waals surface area contributed by atoms with Gasteiger partial charge in [-0.2, -0.15) is 0 Å². The molecule has 0 bridgehead atoms. The summed E-state index contributed by atoms with van der Waals surface area (Å²) in [6, 6.07) is 11.5. The van der Waals surface area contributed by atoms with Crippen molar-refractivity contribution in [2.45, 2.75) is 27.2 Å². The summed E-state index contributed by atoms with van der Waals surface area (Å²) >= 11 is 0. The second-order valence-electron chi connectivity index (χ2n) is 6.17. The maximum Gasteiger partial charge on any atom is 0.338 e. The zero-order valence-electron chi connectivity index (χ0n) is 16.1. The van der Waals surface area contributed by atoms with Crippen LogP contribution in [0, 0.1) is 6.92 Å². The van der Waals surface area contributed by atoms with Crippen molar-refractivity contribution >= 4 is 16.9 Å². The number of carbonyl (C=O) groups is 1. The van der Waals surface area contributed by atoms with Gasteiger partial charge in [-0.1, -0.05) is 6.92 Å². The lowest BCUT2D eigenvalue weighted by molar-refractivity contribution is 0.0505. The van der Waals surface area contributed by atoms with Gasteiger partial charge in [0, 0.05) is 6.07 Å². The first-order valence-corrected chi connectivity index (χ1v) is 9.18. The van der Waals surface area contributed by atoms with Gasteiger partial charge in [0.25, 0.3) is 0 Å². The first-order valence-electron chi connectivity index (χ1n) is 9.18. The first kappa shape index (κ1) is 19.5. The minimum absolute atomic E-state index is 0.109. The molecule has 6 heteroatoms. The second-order valence-corrected chi connectivity index (χ2v) is 6.17. The van der Waals surface area contributed by atoms with Crippen LogP contribution in [0.3, 0.4) is 0 Å². The third kappa shape index (κ3) is 4.17. The molecular weight excluding hydrogens is 360 g/mol. The Morgan fingerprint density at radius 2 is 1.75 bits per heavy atom. The topological polar surface area (TPSA) is 75.0 Å². The van der Waals surface area contributed by atoms with Crippen LogP contribution in [0.5, 0.6) is 17.2 Å². The average Bonchev–Trinajstić information content (AvgIpc) is 2.70. The number of fused-ring (bicyclic) bond motifs is 1. The molecule has 2 aromatic carbocycles. The number of aryl methyl sites for hydroxylation is 1. The van der Waals surface area contributed by atoms with E-state index in [1.165, 1.54) is 0 Å². The van der Waals surface area contributed by atoms with Crippen LogP contribution >= 0.6 is 0 Å². The molecule has 0 saturated carbocycles. The highest BCUT2D eigenvalue weighted by Gasteiger charge is 2.15. The fourth-order valence-corrected chi connectivity index (χ4v) is 2.70. The minimum atomic E-state index is -0.389. The first-order chi connectivity index (χ1) is 13.5. The van der Waals surface area contributed by atoms with Crippen LogP contribution in [-0.4, -0.2) is 19.2 Å². The quantitative estimate of drug-likeness (QED) is 0.543. The Morgan fingerprint density at radius 3 is 2.43 bits per heavy atom. The molecule has 0 saturated heterocycles. The van der Waals surface area contributed by atoms with Crippen molar-refractivity contribution in [3.63, 3.8) is 0 Å². The molecule has 0 spiro atoms. The van der Waals surface area contributed by atoms with Gasteiger partial charge in [-0.15, -0.1) is 0 Å². The molecule has 0 aliphatic heterocycles. The Hall–Kier alpha value is -3.28. The Balaban J connectivity index is 1.87. The molecule has 3 rings (SSSR count). The normalized spacial score (nSPS) is 10.7. The average molecular weight is 382 g/mol. The largest absolute Gasteiger partial charge is 0.494 e. The molecule has 0 unspecified atom stereocenters. The molecule has 0 N–H and O–H groups in total. The third-order valence-corrected chi connectivity index (χ3v) is 4.04. The van der Waals surface area contributed by atoms with E-state index in [1.54, 1.807) is 49.4 Å². The highest BCUT2D eigenvalue weighted by Crippen LogP contribution is 2.27. The minimum Gasteiger partial charge on any atom is -0.494 e. The Kier molecular flexibility index (Phi) is 5.99. The van der Waals surface area contributed by atoms with E-state index in [0.717, 1.165) is 6.42 Å². The molecule has 0 radical (unpaired) electrons. The summed E-state index contributed by atoms with van der Waals surface area (Å²) in [5, 5.41) is 0.406. The van der Waals surface area contributed by atoms with Crippen LogP contribution in [0.1, 0.15) is 36.4 Å². The molecule has 0 atom stereocenters. The van der Waals surface area contributed by atoms with Crippen molar-refractivity contribution in [1.82, 2.24) is 0 Å². The molecule has 28 heavy (non-hydrogen) atoms. The van der Waals surface area contributed by atoms with Gasteiger partial charge < -0.3 is 18.6 Å². The Bertz CT molecular complexity index is 1030. The van der Waals surface area contributed by atoms with E-state index in [0.29, 0.717) is 47.0 Å². The van der Waals surface area contributed by atoms with Gasteiger partial charge in [0.2, 0.25) is 11.2 Å². The summed E-state index contributed by atoms with van der Waals surface area (Å²) in [6.45, 7) is 6.38. The van der Waals surface area contributed by atoms with E-state index < -0.39 is 0 Å².